The SMILES string of the molecule is Cc1nc2ccc(Cl)cn2c(=O)c1NC(=O)c1ccc(Br)cc1. The molecule has 0 spiro atoms. The van der Waals surface area contributed by atoms with Crippen molar-refractivity contribution in [1.29, 1.82) is 0 Å². The second-order valence-electron chi connectivity index (χ2n) is 4.91. The van der Waals surface area contributed by atoms with Gasteiger partial charge in [-0.1, -0.05) is 27.5 Å². The molecule has 1 N–H and O–H groups in total. The van der Waals surface area contributed by atoms with Crippen molar-refractivity contribution in [2.24, 2.45) is 0 Å². The van der Waals surface area contributed by atoms with Crippen LogP contribution in [0.4, 0.5) is 5.69 Å². The Morgan fingerprint density at radius 1 is 1.22 bits per heavy atom. The predicted molar refractivity (Wildman–Crippen MR) is 93.3 cm³/mol. The summed E-state index contributed by atoms with van der Waals surface area (Å²) in [5.74, 6) is -0.374. The van der Waals surface area contributed by atoms with E-state index in [1.165, 1.54) is 10.6 Å². The Balaban J connectivity index is 2.04. The summed E-state index contributed by atoms with van der Waals surface area (Å²) < 4.78 is 2.18. The summed E-state index contributed by atoms with van der Waals surface area (Å²) in [6, 6.07) is 10.1. The van der Waals surface area contributed by atoms with Crippen LogP contribution in [0.25, 0.3) is 5.65 Å². The maximum atomic E-state index is 12.6. The Kier molecular flexibility index (Phi) is 4.19. The van der Waals surface area contributed by atoms with Crippen molar-refractivity contribution in [2.45, 2.75) is 6.92 Å². The Labute approximate surface area is 145 Å². The smallest absolute Gasteiger partial charge is 0.281 e. The molecule has 0 radical (unpaired) electrons. The van der Waals surface area contributed by atoms with Crippen LogP contribution in [0.3, 0.4) is 0 Å². The lowest BCUT2D eigenvalue weighted by Crippen LogP contribution is -2.25. The van der Waals surface area contributed by atoms with Crippen molar-refractivity contribution >= 4 is 44.8 Å². The minimum Gasteiger partial charge on any atom is -0.316 e. The van der Waals surface area contributed by atoms with E-state index in [0.29, 0.717) is 21.9 Å². The molecule has 0 unspecified atom stereocenters. The van der Waals surface area contributed by atoms with Gasteiger partial charge in [-0.3, -0.25) is 14.0 Å². The summed E-state index contributed by atoms with van der Waals surface area (Å²) in [6.07, 6.45) is 1.47. The van der Waals surface area contributed by atoms with E-state index < -0.39 is 0 Å². The van der Waals surface area contributed by atoms with Gasteiger partial charge >= 0.3 is 0 Å². The van der Waals surface area contributed by atoms with Crippen LogP contribution < -0.4 is 10.9 Å². The zero-order valence-corrected chi connectivity index (χ0v) is 14.4. The number of benzene rings is 1. The number of pyridine rings is 1. The summed E-state index contributed by atoms with van der Waals surface area (Å²) in [4.78, 5) is 29.2. The van der Waals surface area contributed by atoms with E-state index in [0.717, 1.165) is 4.47 Å². The van der Waals surface area contributed by atoms with Gasteiger partial charge in [-0.2, -0.15) is 0 Å². The van der Waals surface area contributed by atoms with Gasteiger partial charge in [-0.15, -0.1) is 0 Å². The highest BCUT2D eigenvalue weighted by atomic mass is 79.9. The molecule has 3 rings (SSSR count). The first-order chi connectivity index (χ1) is 11.0. The van der Waals surface area contributed by atoms with Crippen LogP contribution >= 0.6 is 27.5 Å². The van der Waals surface area contributed by atoms with Crippen LogP contribution in [-0.4, -0.2) is 15.3 Å². The van der Waals surface area contributed by atoms with E-state index in [2.05, 4.69) is 26.2 Å². The number of carbonyl (C=O) groups is 1. The van der Waals surface area contributed by atoms with Crippen molar-refractivity contribution < 1.29 is 4.79 Å². The molecule has 0 saturated heterocycles. The van der Waals surface area contributed by atoms with Gasteiger partial charge < -0.3 is 5.32 Å². The highest BCUT2D eigenvalue weighted by Gasteiger charge is 2.14. The van der Waals surface area contributed by atoms with Gasteiger partial charge in [-0.05, 0) is 43.3 Å². The zero-order valence-electron chi connectivity index (χ0n) is 12.0. The van der Waals surface area contributed by atoms with Crippen molar-refractivity contribution in [3.8, 4) is 0 Å². The van der Waals surface area contributed by atoms with Gasteiger partial charge in [0.05, 0.1) is 10.7 Å². The molecule has 1 aromatic carbocycles. The number of rotatable bonds is 2. The number of halogens is 2. The van der Waals surface area contributed by atoms with Gasteiger partial charge in [0.15, 0.2) is 0 Å². The molecule has 116 valence electrons. The molecule has 7 heteroatoms. The monoisotopic (exact) mass is 391 g/mol. The largest absolute Gasteiger partial charge is 0.316 e. The van der Waals surface area contributed by atoms with E-state index in [9.17, 15) is 9.59 Å². The molecule has 1 amide bonds. The molecule has 2 aromatic heterocycles. The number of aromatic nitrogens is 2. The zero-order chi connectivity index (χ0) is 16.6. The summed E-state index contributed by atoms with van der Waals surface area (Å²) in [5, 5.41) is 3.05. The fourth-order valence-electron chi connectivity index (χ4n) is 2.15. The van der Waals surface area contributed by atoms with Crippen LogP contribution in [0, 0.1) is 6.92 Å². The summed E-state index contributed by atoms with van der Waals surface area (Å²) >= 11 is 9.23. The Morgan fingerprint density at radius 2 is 1.91 bits per heavy atom. The fraction of sp³-hybridized carbons (Fsp3) is 0.0625. The number of amides is 1. The third-order valence-corrected chi connectivity index (χ3v) is 4.06. The van der Waals surface area contributed by atoms with Crippen molar-refractivity contribution in [1.82, 2.24) is 9.38 Å². The minimum absolute atomic E-state index is 0.137. The van der Waals surface area contributed by atoms with Gasteiger partial charge in [0.2, 0.25) is 0 Å². The topological polar surface area (TPSA) is 63.5 Å². The maximum Gasteiger partial charge on any atom is 0.281 e. The number of carbonyl (C=O) groups excluding carboxylic acids is 1. The summed E-state index contributed by atoms with van der Waals surface area (Å²) in [5.41, 5.74) is 1.13. The molecule has 0 aliphatic rings. The van der Waals surface area contributed by atoms with Crippen molar-refractivity contribution in [3.63, 3.8) is 0 Å². The van der Waals surface area contributed by atoms with Gasteiger partial charge in [-0.25, -0.2) is 4.98 Å². The second-order valence-corrected chi connectivity index (χ2v) is 6.27. The van der Waals surface area contributed by atoms with Crippen LogP contribution in [0.2, 0.25) is 5.02 Å². The fourth-order valence-corrected chi connectivity index (χ4v) is 2.58. The highest BCUT2D eigenvalue weighted by molar-refractivity contribution is 9.10. The Hall–Kier alpha value is -2.18. The molecule has 0 fully saturated rings. The molecular formula is C16H11BrClN3O2. The summed E-state index contributed by atoms with van der Waals surface area (Å²) in [7, 11) is 0. The number of nitrogens with one attached hydrogen (secondary N) is 1. The maximum absolute atomic E-state index is 12.6. The number of hydrogen-bond donors (Lipinski definition) is 1. The number of hydrogen-bond acceptors (Lipinski definition) is 3. The first kappa shape index (κ1) is 15.7. The normalized spacial score (nSPS) is 10.7. The molecular weight excluding hydrogens is 382 g/mol. The van der Waals surface area contributed by atoms with E-state index >= 15 is 0 Å². The van der Waals surface area contributed by atoms with Crippen LogP contribution in [0.15, 0.2) is 51.9 Å². The quantitative estimate of drug-likeness (QED) is 0.724. The molecule has 3 aromatic rings. The van der Waals surface area contributed by atoms with E-state index in [1.807, 2.05) is 0 Å². The summed E-state index contributed by atoms with van der Waals surface area (Å²) in [6.45, 7) is 1.67. The molecule has 2 heterocycles. The lowest BCUT2D eigenvalue weighted by Gasteiger charge is -2.10. The molecule has 5 nitrogen and oxygen atoms in total. The standard InChI is InChI=1S/C16H11BrClN3O2/c1-9-14(20-15(22)10-2-4-11(17)5-3-10)16(23)21-8-12(18)6-7-13(21)19-9/h2-8H,1H3,(H,20,22). The van der Waals surface area contributed by atoms with Crippen molar-refractivity contribution in [3.05, 3.63) is 73.7 Å². The molecule has 0 bridgehead atoms. The van der Waals surface area contributed by atoms with Crippen LogP contribution in [0.1, 0.15) is 16.1 Å². The van der Waals surface area contributed by atoms with Gasteiger partial charge in [0.25, 0.3) is 11.5 Å². The van der Waals surface area contributed by atoms with Gasteiger partial charge in [0, 0.05) is 16.2 Å². The first-order valence-electron chi connectivity index (χ1n) is 6.71. The average molecular weight is 393 g/mol. The number of fused-ring (bicyclic) bond motifs is 1. The van der Waals surface area contributed by atoms with E-state index in [1.54, 1.807) is 43.3 Å². The molecule has 0 aliphatic carbocycles. The van der Waals surface area contributed by atoms with E-state index in [-0.39, 0.29) is 17.2 Å². The number of aryl methyl sites for hydroxylation is 1. The Morgan fingerprint density at radius 3 is 2.61 bits per heavy atom. The molecule has 23 heavy (non-hydrogen) atoms. The van der Waals surface area contributed by atoms with Crippen LogP contribution in [0.5, 0.6) is 0 Å². The average Bonchev–Trinajstić information content (AvgIpc) is 2.53. The van der Waals surface area contributed by atoms with Crippen LogP contribution in [-0.2, 0) is 0 Å². The lowest BCUT2D eigenvalue weighted by molar-refractivity contribution is 0.102. The molecule has 0 atom stereocenters. The van der Waals surface area contributed by atoms with Gasteiger partial charge in [0.1, 0.15) is 11.3 Å². The van der Waals surface area contributed by atoms with E-state index in [4.69, 9.17) is 11.6 Å². The van der Waals surface area contributed by atoms with Crippen molar-refractivity contribution in [2.75, 3.05) is 5.32 Å². The second kappa shape index (κ2) is 6.14. The third kappa shape index (κ3) is 3.13. The Bertz CT molecular complexity index is 967. The minimum atomic E-state index is -0.375. The number of anilines is 1. The number of nitrogens with zero attached hydrogens (tertiary/aromatic N) is 2. The predicted octanol–water partition coefficient (Wildman–Crippen LogP) is 3.67. The molecule has 0 saturated carbocycles. The third-order valence-electron chi connectivity index (χ3n) is 3.31. The first-order valence-corrected chi connectivity index (χ1v) is 7.88. The lowest BCUT2D eigenvalue weighted by atomic mass is 10.2. The highest BCUT2D eigenvalue weighted by Crippen LogP contribution is 2.15. The molecule has 0 aliphatic heterocycles.